The molecular formula is C12H17ClN4O2. The van der Waals surface area contributed by atoms with Crippen molar-refractivity contribution in [1.82, 2.24) is 15.5 Å². The van der Waals surface area contributed by atoms with E-state index >= 15 is 0 Å². The van der Waals surface area contributed by atoms with Crippen molar-refractivity contribution in [3.8, 4) is 0 Å². The maximum Gasteiger partial charge on any atom is 0.325 e. The molecule has 0 aliphatic carbocycles. The number of nitrogens with one attached hydrogen (secondary N) is 1. The van der Waals surface area contributed by atoms with Crippen molar-refractivity contribution in [2.75, 3.05) is 11.4 Å². The summed E-state index contributed by atoms with van der Waals surface area (Å²) < 4.78 is 0. The zero-order valence-electron chi connectivity index (χ0n) is 11.4. The molecule has 1 aliphatic heterocycles. The Morgan fingerprint density at radius 1 is 1.47 bits per heavy atom. The Bertz CT molecular complexity index is 525. The van der Waals surface area contributed by atoms with Crippen LogP contribution in [0.4, 0.5) is 10.6 Å². The Labute approximate surface area is 116 Å². The van der Waals surface area contributed by atoms with Gasteiger partial charge in [-0.25, -0.2) is 9.69 Å². The maximum absolute atomic E-state index is 11.9. The van der Waals surface area contributed by atoms with Crippen molar-refractivity contribution >= 4 is 23.4 Å². The Morgan fingerprint density at radius 2 is 2.11 bits per heavy atom. The van der Waals surface area contributed by atoms with Gasteiger partial charge in [0.1, 0.15) is 0 Å². The number of aromatic nitrogens is 2. The third-order valence-electron chi connectivity index (χ3n) is 3.02. The molecule has 1 aromatic heterocycles. The third kappa shape index (κ3) is 2.50. The van der Waals surface area contributed by atoms with E-state index in [1.165, 1.54) is 4.90 Å². The number of amides is 2. The van der Waals surface area contributed by atoms with Crippen molar-refractivity contribution in [2.45, 2.75) is 38.8 Å². The van der Waals surface area contributed by atoms with Gasteiger partial charge < -0.3 is 10.4 Å². The second-order valence-corrected chi connectivity index (χ2v) is 6.25. The predicted octanol–water partition coefficient (Wildman–Crippen LogP) is 1.67. The second kappa shape index (κ2) is 4.31. The number of halogens is 1. The quantitative estimate of drug-likeness (QED) is 0.822. The molecule has 6 nitrogen and oxygen atoms in total. The molecule has 2 rings (SSSR count). The number of aliphatic hydroxyl groups is 1. The fourth-order valence-electron chi connectivity index (χ4n) is 2.02. The van der Waals surface area contributed by atoms with Crippen LogP contribution in [-0.4, -0.2) is 33.6 Å². The zero-order chi connectivity index (χ0) is 14.4. The van der Waals surface area contributed by atoms with E-state index in [1.54, 1.807) is 13.0 Å². The lowest BCUT2D eigenvalue weighted by Crippen LogP contribution is -2.46. The van der Waals surface area contributed by atoms with Crippen LogP contribution in [0.5, 0.6) is 0 Å². The van der Waals surface area contributed by atoms with E-state index in [0.29, 0.717) is 5.82 Å². The molecule has 1 saturated heterocycles. The molecule has 0 saturated carbocycles. The van der Waals surface area contributed by atoms with E-state index in [2.05, 4.69) is 15.5 Å². The van der Waals surface area contributed by atoms with Crippen LogP contribution in [-0.2, 0) is 5.41 Å². The Balaban J connectivity index is 2.60. The summed E-state index contributed by atoms with van der Waals surface area (Å²) in [5.41, 5.74) is -0.863. The largest absolute Gasteiger partial charge is 0.369 e. The number of rotatable bonds is 1. The lowest BCUT2D eigenvalue weighted by molar-refractivity contribution is 0.0848. The molecular weight excluding hydrogens is 268 g/mol. The smallest absolute Gasteiger partial charge is 0.325 e. The van der Waals surface area contributed by atoms with Gasteiger partial charge in [-0.3, -0.25) is 0 Å². The summed E-state index contributed by atoms with van der Waals surface area (Å²) in [7, 11) is 0. The van der Waals surface area contributed by atoms with Gasteiger partial charge in [-0.05, 0) is 18.4 Å². The number of carbonyl (C=O) groups excluding carboxylic acids is 1. The average Bonchev–Trinajstić information content (AvgIpc) is 2.53. The summed E-state index contributed by atoms with van der Waals surface area (Å²) in [6, 6.07) is 1.28. The number of urea groups is 1. The molecule has 1 aromatic rings. The lowest BCUT2D eigenvalue weighted by atomic mass is 9.87. The minimum Gasteiger partial charge on any atom is -0.369 e. The molecule has 0 radical (unpaired) electrons. The molecule has 0 aromatic carbocycles. The summed E-state index contributed by atoms with van der Waals surface area (Å²) in [6.45, 7) is 7.62. The first-order chi connectivity index (χ1) is 8.63. The first kappa shape index (κ1) is 14.0. The van der Waals surface area contributed by atoms with Crippen molar-refractivity contribution < 1.29 is 9.90 Å². The molecule has 19 heavy (non-hydrogen) atoms. The maximum atomic E-state index is 11.9. The van der Waals surface area contributed by atoms with E-state index in [1.807, 2.05) is 20.8 Å². The average molecular weight is 285 g/mol. The summed E-state index contributed by atoms with van der Waals surface area (Å²) in [4.78, 5) is 13.1. The van der Waals surface area contributed by atoms with Gasteiger partial charge in [0.2, 0.25) is 0 Å². The molecule has 0 bridgehead atoms. The summed E-state index contributed by atoms with van der Waals surface area (Å²) >= 11 is 5.88. The zero-order valence-corrected chi connectivity index (χ0v) is 12.1. The van der Waals surface area contributed by atoms with Crippen LogP contribution in [0.25, 0.3) is 0 Å². The van der Waals surface area contributed by atoms with Crippen molar-refractivity contribution in [2.24, 2.45) is 0 Å². The van der Waals surface area contributed by atoms with E-state index < -0.39 is 11.8 Å². The topological polar surface area (TPSA) is 78.4 Å². The molecule has 1 fully saturated rings. The molecule has 1 aliphatic rings. The number of nitrogens with zero attached hydrogens (tertiary/aromatic N) is 3. The van der Waals surface area contributed by atoms with Gasteiger partial charge in [0.25, 0.3) is 0 Å². The van der Waals surface area contributed by atoms with Crippen LogP contribution < -0.4 is 10.2 Å². The van der Waals surface area contributed by atoms with Gasteiger partial charge in [-0.2, -0.15) is 0 Å². The number of β-amino-alcohol motifs (C(OH)–C–C–N with tert-alkyl or cyclic N) is 1. The van der Waals surface area contributed by atoms with Crippen LogP contribution in [0.2, 0.25) is 5.15 Å². The Morgan fingerprint density at radius 3 is 2.58 bits per heavy atom. The van der Waals surface area contributed by atoms with Crippen molar-refractivity contribution in [3.05, 3.63) is 16.8 Å². The van der Waals surface area contributed by atoms with Gasteiger partial charge in [-0.15, -0.1) is 10.2 Å². The summed E-state index contributed by atoms with van der Waals surface area (Å²) in [5, 5.41) is 20.9. The molecule has 1 atom stereocenters. The number of hydrogen-bond acceptors (Lipinski definition) is 4. The predicted molar refractivity (Wildman–Crippen MR) is 72.2 cm³/mol. The molecule has 7 heteroatoms. The van der Waals surface area contributed by atoms with Crippen LogP contribution in [0.15, 0.2) is 6.07 Å². The van der Waals surface area contributed by atoms with Gasteiger partial charge in [0.15, 0.2) is 16.7 Å². The highest BCUT2D eigenvalue weighted by molar-refractivity contribution is 6.29. The third-order valence-corrected chi connectivity index (χ3v) is 3.21. The molecule has 2 amide bonds. The highest BCUT2D eigenvalue weighted by Gasteiger charge is 2.44. The monoisotopic (exact) mass is 284 g/mol. The lowest BCUT2D eigenvalue weighted by Gasteiger charge is -2.31. The van der Waals surface area contributed by atoms with Gasteiger partial charge >= 0.3 is 6.03 Å². The minimum atomic E-state index is -1.33. The number of carbonyl (C=O) groups is 1. The van der Waals surface area contributed by atoms with Crippen molar-refractivity contribution in [3.63, 3.8) is 0 Å². The van der Waals surface area contributed by atoms with Crippen LogP contribution in [0.3, 0.4) is 0 Å². The fraction of sp³-hybridized carbons (Fsp3) is 0.583. The normalized spacial score (nSPS) is 23.7. The van der Waals surface area contributed by atoms with E-state index in [-0.39, 0.29) is 17.1 Å². The highest BCUT2D eigenvalue weighted by Crippen LogP contribution is 2.35. The second-order valence-electron chi connectivity index (χ2n) is 5.87. The van der Waals surface area contributed by atoms with Gasteiger partial charge in [0, 0.05) is 5.56 Å². The minimum absolute atomic E-state index is 0.139. The van der Waals surface area contributed by atoms with Gasteiger partial charge in [0.05, 0.1) is 6.54 Å². The standard InChI is InChI=1S/C12H17ClN4O2/c1-11(2,3)7-5-8(13)15-16-9(7)17-10(18)14-6-12(17,4)19/h5,19H,6H2,1-4H3,(H,14,18)/t12-/m0/s1. The molecule has 2 N–H and O–H groups in total. The number of anilines is 1. The SMILES string of the molecule is CC(C)(C)c1cc(Cl)nnc1N1C(=O)NC[C@]1(C)O. The fourth-order valence-corrected chi connectivity index (χ4v) is 2.17. The summed E-state index contributed by atoms with van der Waals surface area (Å²) in [5.74, 6) is 0.330. The Kier molecular flexibility index (Phi) is 3.18. The first-order valence-electron chi connectivity index (χ1n) is 5.97. The van der Waals surface area contributed by atoms with Gasteiger partial charge in [-0.1, -0.05) is 32.4 Å². The van der Waals surface area contributed by atoms with E-state index in [4.69, 9.17) is 11.6 Å². The number of hydrogen-bond donors (Lipinski definition) is 2. The molecule has 104 valence electrons. The Hall–Kier alpha value is -1.40. The molecule has 2 heterocycles. The highest BCUT2D eigenvalue weighted by atomic mass is 35.5. The summed E-state index contributed by atoms with van der Waals surface area (Å²) in [6.07, 6.45) is 0. The molecule has 0 spiro atoms. The van der Waals surface area contributed by atoms with E-state index in [0.717, 1.165) is 5.56 Å². The van der Waals surface area contributed by atoms with E-state index in [9.17, 15) is 9.90 Å². The van der Waals surface area contributed by atoms with Crippen molar-refractivity contribution in [1.29, 1.82) is 0 Å². The molecule has 0 unspecified atom stereocenters. The first-order valence-corrected chi connectivity index (χ1v) is 6.35. The van der Waals surface area contributed by atoms with Crippen LogP contribution in [0, 0.1) is 0 Å². The van der Waals surface area contributed by atoms with Crippen LogP contribution >= 0.6 is 11.6 Å². The van der Waals surface area contributed by atoms with Crippen LogP contribution in [0.1, 0.15) is 33.3 Å².